The van der Waals surface area contributed by atoms with E-state index in [0.717, 1.165) is 5.69 Å². The van der Waals surface area contributed by atoms with E-state index in [1.807, 2.05) is 25.1 Å². The molecule has 0 aliphatic carbocycles. The molecule has 2 aromatic rings. The van der Waals surface area contributed by atoms with E-state index in [1.165, 1.54) is 0 Å². The number of halogens is 2. The molecular formula is C16H15Cl2N3O2. The van der Waals surface area contributed by atoms with Gasteiger partial charge < -0.3 is 15.5 Å². The topological polar surface area (TPSA) is 61.4 Å². The Labute approximate surface area is 144 Å². The fraction of sp³-hybridized carbons (Fsp3) is 0.125. The van der Waals surface area contributed by atoms with Crippen molar-refractivity contribution in [2.24, 2.45) is 0 Å². The zero-order chi connectivity index (χ0) is 17.0. The number of nitrogens with one attached hydrogen (secondary N) is 2. The van der Waals surface area contributed by atoms with Crippen molar-refractivity contribution >= 4 is 52.1 Å². The van der Waals surface area contributed by atoms with Crippen LogP contribution in [-0.2, 0) is 9.59 Å². The maximum Gasteiger partial charge on any atom is 0.314 e. The molecule has 0 unspecified atom stereocenters. The lowest BCUT2D eigenvalue weighted by Gasteiger charge is -2.14. The van der Waals surface area contributed by atoms with Crippen LogP contribution in [0.2, 0.25) is 10.0 Å². The van der Waals surface area contributed by atoms with Crippen molar-refractivity contribution in [1.82, 2.24) is 0 Å². The van der Waals surface area contributed by atoms with Gasteiger partial charge in [0.1, 0.15) is 0 Å². The maximum atomic E-state index is 12.0. The highest BCUT2D eigenvalue weighted by Gasteiger charge is 2.16. The van der Waals surface area contributed by atoms with Crippen LogP contribution in [0.1, 0.15) is 0 Å². The predicted molar refractivity (Wildman–Crippen MR) is 94.5 cm³/mol. The van der Waals surface area contributed by atoms with Crippen molar-refractivity contribution in [3.8, 4) is 0 Å². The Balaban J connectivity index is 2.07. The van der Waals surface area contributed by atoms with Crippen LogP contribution < -0.4 is 15.5 Å². The van der Waals surface area contributed by atoms with E-state index in [1.54, 1.807) is 36.4 Å². The molecule has 0 aromatic heterocycles. The summed E-state index contributed by atoms with van der Waals surface area (Å²) in [6, 6.07) is 11.9. The van der Waals surface area contributed by atoms with E-state index >= 15 is 0 Å². The van der Waals surface area contributed by atoms with E-state index in [-0.39, 0.29) is 10.7 Å². The number of hydrogen-bond donors (Lipinski definition) is 2. The minimum atomic E-state index is -0.829. The molecule has 2 N–H and O–H groups in total. The Morgan fingerprint density at radius 3 is 2.30 bits per heavy atom. The number of nitrogens with zero attached hydrogens (tertiary/aromatic N) is 1. The summed E-state index contributed by atoms with van der Waals surface area (Å²) in [6.45, 7) is 0. The third-order valence-electron chi connectivity index (χ3n) is 3.03. The van der Waals surface area contributed by atoms with Gasteiger partial charge in [0.25, 0.3) is 0 Å². The van der Waals surface area contributed by atoms with Gasteiger partial charge in [0.15, 0.2) is 0 Å². The normalized spacial score (nSPS) is 10.1. The van der Waals surface area contributed by atoms with Crippen LogP contribution in [0.5, 0.6) is 0 Å². The van der Waals surface area contributed by atoms with Gasteiger partial charge in [-0.1, -0.05) is 35.3 Å². The summed E-state index contributed by atoms with van der Waals surface area (Å²) in [5, 5.41) is 5.45. The molecule has 0 heterocycles. The summed E-state index contributed by atoms with van der Waals surface area (Å²) in [7, 11) is 3.77. The second-order valence-corrected chi connectivity index (χ2v) is 5.74. The molecule has 0 spiro atoms. The van der Waals surface area contributed by atoms with E-state index in [4.69, 9.17) is 23.2 Å². The van der Waals surface area contributed by atoms with Crippen LogP contribution in [0.4, 0.5) is 17.1 Å². The molecule has 0 aliphatic rings. The average molecular weight is 352 g/mol. The number of hydrogen-bond acceptors (Lipinski definition) is 3. The molecule has 0 atom stereocenters. The van der Waals surface area contributed by atoms with E-state index < -0.39 is 11.8 Å². The molecule has 2 aromatic carbocycles. The summed E-state index contributed by atoms with van der Waals surface area (Å²) in [5.41, 5.74) is 1.70. The third-order valence-corrected chi connectivity index (χ3v) is 3.85. The number of amides is 2. The molecule has 23 heavy (non-hydrogen) atoms. The molecule has 0 saturated heterocycles. The largest absolute Gasteiger partial charge is 0.378 e. The Bertz CT molecular complexity index is 748. The molecule has 0 fully saturated rings. The third kappa shape index (κ3) is 4.37. The van der Waals surface area contributed by atoms with E-state index in [0.29, 0.717) is 10.7 Å². The number of rotatable bonds is 3. The van der Waals surface area contributed by atoms with Gasteiger partial charge in [-0.2, -0.15) is 0 Å². The molecule has 2 amide bonds. The fourth-order valence-electron chi connectivity index (χ4n) is 1.83. The Hall–Kier alpha value is -2.24. The second kappa shape index (κ2) is 7.35. The van der Waals surface area contributed by atoms with Crippen molar-refractivity contribution in [2.75, 3.05) is 29.6 Å². The van der Waals surface area contributed by atoms with Crippen LogP contribution in [-0.4, -0.2) is 25.9 Å². The van der Waals surface area contributed by atoms with Gasteiger partial charge >= 0.3 is 11.8 Å². The van der Waals surface area contributed by atoms with Crippen LogP contribution in [0, 0.1) is 0 Å². The lowest BCUT2D eigenvalue weighted by Crippen LogP contribution is -2.29. The van der Waals surface area contributed by atoms with E-state index in [9.17, 15) is 9.59 Å². The Morgan fingerprint density at radius 1 is 0.957 bits per heavy atom. The van der Waals surface area contributed by atoms with Crippen LogP contribution in [0.25, 0.3) is 0 Å². The summed E-state index contributed by atoms with van der Waals surface area (Å²) in [6.07, 6.45) is 0. The zero-order valence-corrected chi connectivity index (χ0v) is 14.1. The average Bonchev–Trinajstić information content (AvgIpc) is 2.52. The molecule has 5 nitrogen and oxygen atoms in total. The number of anilines is 3. The maximum absolute atomic E-state index is 12.0. The van der Waals surface area contributed by atoms with Gasteiger partial charge in [0.2, 0.25) is 0 Å². The first-order valence-electron chi connectivity index (χ1n) is 6.72. The first kappa shape index (κ1) is 17.1. The Morgan fingerprint density at radius 2 is 1.61 bits per heavy atom. The molecule has 0 aliphatic heterocycles. The highest BCUT2D eigenvalue weighted by Crippen LogP contribution is 2.29. The van der Waals surface area contributed by atoms with Crippen LogP contribution in [0.3, 0.4) is 0 Å². The first-order valence-corrected chi connectivity index (χ1v) is 7.48. The summed E-state index contributed by atoms with van der Waals surface area (Å²) >= 11 is 11.8. The highest BCUT2D eigenvalue weighted by molar-refractivity contribution is 6.47. The number of carbonyl (C=O) groups excluding carboxylic acids is 2. The van der Waals surface area contributed by atoms with Gasteiger partial charge in [0, 0.05) is 25.5 Å². The molecule has 0 saturated carbocycles. The van der Waals surface area contributed by atoms with Crippen molar-refractivity contribution in [3.05, 3.63) is 52.5 Å². The van der Waals surface area contributed by atoms with Crippen molar-refractivity contribution in [3.63, 3.8) is 0 Å². The lowest BCUT2D eigenvalue weighted by molar-refractivity contribution is -0.132. The summed E-state index contributed by atoms with van der Waals surface area (Å²) in [4.78, 5) is 25.8. The molecule has 0 bridgehead atoms. The monoisotopic (exact) mass is 351 g/mol. The van der Waals surface area contributed by atoms with Gasteiger partial charge in [-0.05, 0) is 30.3 Å². The van der Waals surface area contributed by atoms with Crippen molar-refractivity contribution < 1.29 is 9.59 Å². The summed E-state index contributed by atoms with van der Waals surface area (Å²) in [5.74, 6) is -1.62. The van der Waals surface area contributed by atoms with E-state index in [2.05, 4.69) is 10.6 Å². The number of carbonyl (C=O) groups is 2. The van der Waals surface area contributed by atoms with Gasteiger partial charge in [-0.25, -0.2) is 0 Å². The van der Waals surface area contributed by atoms with Gasteiger partial charge in [0.05, 0.1) is 15.7 Å². The van der Waals surface area contributed by atoms with Crippen LogP contribution in [0.15, 0.2) is 42.5 Å². The molecule has 7 heteroatoms. The summed E-state index contributed by atoms with van der Waals surface area (Å²) < 4.78 is 0. The smallest absolute Gasteiger partial charge is 0.314 e. The van der Waals surface area contributed by atoms with Crippen molar-refractivity contribution in [1.29, 1.82) is 0 Å². The molecule has 0 radical (unpaired) electrons. The second-order valence-electron chi connectivity index (χ2n) is 4.95. The molecule has 120 valence electrons. The molecular weight excluding hydrogens is 337 g/mol. The van der Waals surface area contributed by atoms with Gasteiger partial charge in [-0.15, -0.1) is 0 Å². The minimum Gasteiger partial charge on any atom is -0.378 e. The minimum absolute atomic E-state index is 0.185. The SMILES string of the molecule is CN(C)c1cccc(NC(=O)C(=O)Nc2cccc(Cl)c2Cl)c1. The zero-order valence-electron chi connectivity index (χ0n) is 12.6. The van der Waals surface area contributed by atoms with Gasteiger partial charge in [-0.3, -0.25) is 9.59 Å². The fourth-order valence-corrected chi connectivity index (χ4v) is 2.18. The first-order chi connectivity index (χ1) is 10.9. The highest BCUT2D eigenvalue weighted by atomic mass is 35.5. The standard InChI is InChI=1S/C16H15Cl2N3O2/c1-21(2)11-6-3-5-10(9-11)19-15(22)16(23)20-13-8-4-7-12(17)14(13)18/h3-9H,1-2H3,(H,19,22)(H,20,23). The van der Waals surface area contributed by atoms with Crippen LogP contribution >= 0.6 is 23.2 Å². The quantitative estimate of drug-likeness (QED) is 0.830. The molecule has 2 rings (SSSR count). The predicted octanol–water partition coefficient (Wildman–Crippen LogP) is 3.64. The Kier molecular flexibility index (Phi) is 5.47. The number of benzene rings is 2. The van der Waals surface area contributed by atoms with Crippen molar-refractivity contribution in [2.45, 2.75) is 0 Å². The lowest BCUT2D eigenvalue weighted by atomic mass is 10.2.